The van der Waals surface area contributed by atoms with Crippen LogP contribution in [0.15, 0.2) is 6.07 Å². The number of carbonyl (C=O) groups excluding carboxylic acids is 1. The molecule has 1 aromatic carbocycles. The van der Waals surface area contributed by atoms with Crippen molar-refractivity contribution >= 4 is 5.78 Å². The molecule has 0 amide bonds. The molecule has 92 valence electrons. The first-order valence-corrected chi connectivity index (χ1v) is 5.34. The van der Waals surface area contributed by atoms with Crippen molar-refractivity contribution < 1.29 is 24.1 Å². The monoisotopic (exact) mass is 240 g/mol. The fourth-order valence-corrected chi connectivity index (χ4v) is 1.88. The zero-order chi connectivity index (χ0) is 12.8. The largest absolute Gasteiger partial charge is 0.505 e. The molecule has 17 heavy (non-hydrogen) atoms. The Bertz CT molecular complexity index is 498. The van der Waals surface area contributed by atoms with Gasteiger partial charge in [-0.3, -0.25) is 4.79 Å². The van der Waals surface area contributed by atoms with Gasteiger partial charge in [-0.05, 0) is 13.3 Å². The number of phenolic OH excluding ortho intramolecular Hbond substituents is 2. The molecule has 1 atom stereocenters. The van der Waals surface area contributed by atoms with E-state index in [1.54, 1.807) is 6.92 Å². The predicted octanol–water partition coefficient (Wildman–Crippen LogP) is 2.37. The molecular formula is C12H13FO4. The van der Waals surface area contributed by atoms with E-state index in [4.69, 9.17) is 4.74 Å². The first-order valence-electron chi connectivity index (χ1n) is 5.34. The standard InChI is InChI=1S/C12H13FO4/c1-3-12(2)5-7(15)9-8(17-12)4-6(14)10(13)11(9)16/h4,14,16H,3,5H2,1-2H3. The number of rotatable bonds is 1. The molecule has 0 aromatic heterocycles. The molecule has 1 heterocycles. The van der Waals surface area contributed by atoms with Gasteiger partial charge in [-0.25, -0.2) is 0 Å². The van der Waals surface area contributed by atoms with E-state index in [2.05, 4.69) is 0 Å². The summed E-state index contributed by atoms with van der Waals surface area (Å²) >= 11 is 0. The van der Waals surface area contributed by atoms with Crippen LogP contribution in [0, 0.1) is 5.82 Å². The molecule has 2 N–H and O–H groups in total. The van der Waals surface area contributed by atoms with E-state index in [1.807, 2.05) is 6.92 Å². The molecule has 1 aliphatic rings. The quantitative estimate of drug-likeness (QED) is 0.790. The summed E-state index contributed by atoms with van der Waals surface area (Å²) in [6.07, 6.45) is 0.672. The van der Waals surface area contributed by atoms with Gasteiger partial charge in [0, 0.05) is 6.07 Å². The Morgan fingerprint density at radius 3 is 2.76 bits per heavy atom. The average Bonchev–Trinajstić information content (AvgIpc) is 2.25. The van der Waals surface area contributed by atoms with Crippen LogP contribution in [-0.4, -0.2) is 21.6 Å². The summed E-state index contributed by atoms with van der Waals surface area (Å²) in [4.78, 5) is 11.9. The molecule has 0 radical (unpaired) electrons. The Morgan fingerprint density at radius 2 is 2.18 bits per heavy atom. The average molecular weight is 240 g/mol. The third kappa shape index (κ3) is 1.71. The maximum absolute atomic E-state index is 13.3. The van der Waals surface area contributed by atoms with Crippen LogP contribution in [-0.2, 0) is 0 Å². The number of carbonyl (C=O) groups is 1. The van der Waals surface area contributed by atoms with E-state index in [-0.39, 0.29) is 23.5 Å². The molecule has 0 saturated carbocycles. The van der Waals surface area contributed by atoms with Crippen molar-refractivity contribution in [3.63, 3.8) is 0 Å². The summed E-state index contributed by atoms with van der Waals surface area (Å²) in [7, 11) is 0. The van der Waals surface area contributed by atoms with Crippen molar-refractivity contribution in [1.82, 2.24) is 0 Å². The fourth-order valence-electron chi connectivity index (χ4n) is 1.88. The van der Waals surface area contributed by atoms with Crippen LogP contribution < -0.4 is 4.74 Å². The van der Waals surface area contributed by atoms with Crippen molar-refractivity contribution in [2.24, 2.45) is 0 Å². The van der Waals surface area contributed by atoms with E-state index < -0.39 is 22.9 Å². The van der Waals surface area contributed by atoms with Gasteiger partial charge < -0.3 is 14.9 Å². The molecule has 0 spiro atoms. The van der Waals surface area contributed by atoms with Gasteiger partial charge in [0.2, 0.25) is 5.82 Å². The summed E-state index contributed by atoms with van der Waals surface area (Å²) < 4.78 is 18.8. The SMILES string of the molecule is CCC1(C)CC(=O)c2c(cc(O)c(F)c2O)O1. The highest BCUT2D eigenvalue weighted by Crippen LogP contribution is 2.43. The lowest BCUT2D eigenvalue weighted by atomic mass is 9.89. The molecule has 4 nitrogen and oxygen atoms in total. The maximum Gasteiger partial charge on any atom is 0.207 e. The van der Waals surface area contributed by atoms with Crippen LogP contribution in [0.2, 0.25) is 0 Å². The molecule has 5 heteroatoms. The van der Waals surface area contributed by atoms with Crippen LogP contribution in [0.1, 0.15) is 37.0 Å². The number of phenols is 2. The third-order valence-corrected chi connectivity index (χ3v) is 3.10. The zero-order valence-corrected chi connectivity index (χ0v) is 9.58. The topological polar surface area (TPSA) is 66.8 Å². The van der Waals surface area contributed by atoms with Gasteiger partial charge in [-0.1, -0.05) is 6.92 Å². The number of hydrogen-bond acceptors (Lipinski definition) is 4. The van der Waals surface area contributed by atoms with Crippen molar-refractivity contribution in [1.29, 1.82) is 0 Å². The molecule has 0 saturated heterocycles. The molecule has 1 unspecified atom stereocenters. The van der Waals surface area contributed by atoms with E-state index in [0.29, 0.717) is 6.42 Å². The molecule has 2 rings (SSSR count). The Kier molecular flexibility index (Phi) is 2.49. The lowest BCUT2D eigenvalue weighted by Gasteiger charge is -2.34. The second kappa shape index (κ2) is 3.61. The number of aromatic hydroxyl groups is 2. The van der Waals surface area contributed by atoms with Crippen LogP contribution in [0.25, 0.3) is 0 Å². The highest BCUT2D eigenvalue weighted by Gasteiger charge is 2.38. The Labute approximate surface area is 97.6 Å². The predicted molar refractivity (Wildman–Crippen MR) is 58.0 cm³/mol. The number of hydrogen-bond donors (Lipinski definition) is 2. The fraction of sp³-hybridized carbons (Fsp3) is 0.417. The minimum Gasteiger partial charge on any atom is -0.505 e. The molecular weight excluding hydrogens is 227 g/mol. The number of fused-ring (bicyclic) bond motifs is 1. The summed E-state index contributed by atoms with van der Waals surface area (Å²) in [5.41, 5.74) is -0.868. The summed E-state index contributed by atoms with van der Waals surface area (Å²) in [6, 6.07) is 1.02. The second-order valence-corrected chi connectivity index (χ2v) is 4.44. The summed E-state index contributed by atoms with van der Waals surface area (Å²) in [6.45, 7) is 3.62. The van der Waals surface area contributed by atoms with Crippen molar-refractivity contribution in [3.8, 4) is 17.2 Å². The number of ether oxygens (including phenoxy) is 1. The first kappa shape index (κ1) is 11.7. The minimum absolute atomic E-state index is 0.0296. The highest BCUT2D eigenvalue weighted by molar-refractivity contribution is 6.03. The summed E-state index contributed by atoms with van der Waals surface area (Å²) in [5.74, 6) is -3.12. The molecule has 1 aliphatic heterocycles. The lowest BCUT2D eigenvalue weighted by Crippen LogP contribution is -2.38. The minimum atomic E-state index is -1.19. The van der Waals surface area contributed by atoms with Gasteiger partial charge in [0.05, 0.1) is 6.42 Å². The van der Waals surface area contributed by atoms with E-state index in [1.165, 1.54) is 0 Å². The van der Waals surface area contributed by atoms with Crippen LogP contribution in [0.3, 0.4) is 0 Å². The Hall–Kier alpha value is -1.78. The number of benzene rings is 1. The van der Waals surface area contributed by atoms with Gasteiger partial charge >= 0.3 is 0 Å². The van der Waals surface area contributed by atoms with E-state index >= 15 is 0 Å². The molecule has 0 bridgehead atoms. The zero-order valence-electron chi connectivity index (χ0n) is 9.58. The van der Waals surface area contributed by atoms with Gasteiger partial charge in [0.1, 0.15) is 16.9 Å². The van der Waals surface area contributed by atoms with Gasteiger partial charge in [0.15, 0.2) is 17.3 Å². The number of halogens is 1. The molecule has 1 aromatic rings. The van der Waals surface area contributed by atoms with Crippen molar-refractivity contribution in [2.75, 3.05) is 0 Å². The lowest BCUT2D eigenvalue weighted by molar-refractivity contribution is 0.0489. The van der Waals surface area contributed by atoms with Crippen LogP contribution in [0.4, 0.5) is 4.39 Å². The van der Waals surface area contributed by atoms with Crippen molar-refractivity contribution in [2.45, 2.75) is 32.3 Å². The normalized spacial score (nSPS) is 23.1. The Balaban J connectivity index is 2.61. The van der Waals surface area contributed by atoms with Crippen LogP contribution in [0.5, 0.6) is 17.2 Å². The van der Waals surface area contributed by atoms with Crippen molar-refractivity contribution in [3.05, 3.63) is 17.4 Å². The van der Waals surface area contributed by atoms with E-state index in [9.17, 15) is 19.4 Å². The first-order chi connectivity index (χ1) is 7.88. The maximum atomic E-state index is 13.3. The summed E-state index contributed by atoms with van der Waals surface area (Å²) in [5, 5.41) is 18.8. The van der Waals surface area contributed by atoms with E-state index in [0.717, 1.165) is 6.07 Å². The van der Waals surface area contributed by atoms with Crippen LogP contribution >= 0.6 is 0 Å². The highest BCUT2D eigenvalue weighted by atomic mass is 19.1. The second-order valence-electron chi connectivity index (χ2n) is 4.44. The Morgan fingerprint density at radius 1 is 1.53 bits per heavy atom. The van der Waals surface area contributed by atoms with Gasteiger partial charge in [0.25, 0.3) is 0 Å². The number of Topliss-reactive ketones (excluding diaryl/α,β-unsaturated/α-hetero) is 1. The third-order valence-electron chi connectivity index (χ3n) is 3.10. The number of ketones is 1. The molecule has 0 aliphatic carbocycles. The van der Waals surface area contributed by atoms with Gasteiger partial charge in [-0.2, -0.15) is 4.39 Å². The van der Waals surface area contributed by atoms with Gasteiger partial charge in [-0.15, -0.1) is 0 Å². The smallest absolute Gasteiger partial charge is 0.207 e. The molecule has 0 fully saturated rings.